The smallest absolute Gasteiger partial charge is 0.243 e. The van der Waals surface area contributed by atoms with Crippen LogP contribution in [0.3, 0.4) is 0 Å². The van der Waals surface area contributed by atoms with Crippen LogP contribution >= 0.6 is 12.2 Å². The zero-order valence-corrected chi connectivity index (χ0v) is 19.3. The third-order valence-corrected chi connectivity index (χ3v) is 7.71. The average molecular weight is 495 g/mol. The molecular weight excluding hydrogens is 471 g/mol. The van der Waals surface area contributed by atoms with Gasteiger partial charge in [0.25, 0.3) is 0 Å². The van der Waals surface area contributed by atoms with Crippen LogP contribution in [0.5, 0.6) is 0 Å². The second kappa shape index (κ2) is 9.55. The molecule has 0 spiro atoms. The third kappa shape index (κ3) is 5.05. The van der Waals surface area contributed by atoms with Crippen molar-refractivity contribution in [2.75, 3.05) is 26.2 Å². The molecule has 3 heterocycles. The first kappa shape index (κ1) is 23.3. The number of aromatic nitrogens is 3. The van der Waals surface area contributed by atoms with Gasteiger partial charge in [-0.2, -0.15) is 4.31 Å². The summed E-state index contributed by atoms with van der Waals surface area (Å²) in [5.41, 5.74) is 5.30. The molecule has 0 unspecified atom stereocenters. The quantitative estimate of drug-likeness (QED) is 0.473. The molecule has 1 saturated heterocycles. The molecule has 2 aromatic heterocycles. The number of hydrogen-bond donors (Lipinski definition) is 1. The lowest BCUT2D eigenvalue weighted by molar-refractivity contribution is -0.118. The minimum Gasteiger partial charge on any atom is -0.461 e. The SMILES string of the molecule is NC(=O)CCn1c(-c2ccco2)nn(CN2CCN(S(=O)(=O)c3ccc(F)cc3)CC2)c1=S. The lowest BCUT2D eigenvalue weighted by Crippen LogP contribution is -2.48. The van der Waals surface area contributed by atoms with E-state index >= 15 is 0 Å². The highest BCUT2D eigenvalue weighted by Gasteiger charge is 2.29. The topological polar surface area (TPSA) is 120 Å². The summed E-state index contributed by atoms with van der Waals surface area (Å²) in [4.78, 5) is 13.4. The van der Waals surface area contributed by atoms with Crippen molar-refractivity contribution in [2.24, 2.45) is 5.73 Å². The van der Waals surface area contributed by atoms with Crippen molar-refractivity contribution >= 4 is 28.1 Å². The Morgan fingerprint density at radius 2 is 1.85 bits per heavy atom. The summed E-state index contributed by atoms with van der Waals surface area (Å²) < 4.78 is 49.4. The Morgan fingerprint density at radius 3 is 2.45 bits per heavy atom. The van der Waals surface area contributed by atoms with Crippen molar-refractivity contribution in [2.45, 2.75) is 24.5 Å². The van der Waals surface area contributed by atoms with Gasteiger partial charge in [0.05, 0.1) is 17.8 Å². The van der Waals surface area contributed by atoms with Crippen molar-refractivity contribution in [3.8, 4) is 11.6 Å². The molecule has 0 bridgehead atoms. The summed E-state index contributed by atoms with van der Waals surface area (Å²) in [6.45, 7) is 2.11. The van der Waals surface area contributed by atoms with E-state index in [0.717, 1.165) is 12.1 Å². The highest BCUT2D eigenvalue weighted by molar-refractivity contribution is 7.89. The number of furan rings is 1. The van der Waals surface area contributed by atoms with Gasteiger partial charge in [-0.3, -0.25) is 14.3 Å². The molecule has 33 heavy (non-hydrogen) atoms. The standard InChI is InChI=1S/C20H23FN6O4S2/c21-15-3-5-16(6-4-15)33(29,30)25-11-9-24(10-12-25)14-27-20(32)26(8-7-18(22)28)19(23-27)17-2-1-13-31-17/h1-6,13H,7-12,14H2,(H2,22,28). The number of carbonyl (C=O) groups is 1. The van der Waals surface area contributed by atoms with E-state index in [9.17, 15) is 17.6 Å². The number of nitrogens with zero attached hydrogens (tertiary/aromatic N) is 5. The minimum atomic E-state index is -3.69. The zero-order valence-electron chi connectivity index (χ0n) is 17.6. The van der Waals surface area contributed by atoms with Gasteiger partial charge >= 0.3 is 0 Å². The molecule has 1 aliphatic heterocycles. The number of sulfonamides is 1. The van der Waals surface area contributed by atoms with Gasteiger partial charge in [-0.15, -0.1) is 5.10 Å². The van der Waals surface area contributed by atoms with Gasteiger partial charge in [-0.1, -0.05) is 0 Å². The van der Waals surface area contributed by atoms with E-state index in [-0.39, 0.29) is 31.0 Å². The lowest BCUT2D eigenvalue weighted by atomic mass is 10.3. The number of carbonyl (C=O) groups excluding carboxylic acids is 1. The normalized spacial score (nSPS) is 15.7. The van der Waals surface area contributed by atoms with Crippen LogP contribution in [0.15, 0.2) is 52.0 Å². The van der Waals surface area contributed by atoms with Gasteiger partial charge in [-0.25, -0.2) is 17.5 Å². The summed E-state index contributed by atoms with van der Waals surface area (Å²) >= 11 is 5.57. The molecule has 1 fully saturated rings. The Kier molecular flexibility index (Phi) is 6.74. The molecule has 176 valence electrons. The fourth-order valence-corrected chi connectivity index (χ4v) is 5.30. The molecule has 1 aromatic carbocycles. The number of piperazine rings is 1. The second-order valence-electron chi connectivity index (χ2n) is 7.57. The van der Waals surface area contributed by atoms with E-state index in [2.05, 4.69) is 5.10 Å². The number of primary amides is 1. The maximum absolute atomic E-state index is 13.2. The Bertz CT molecular complexity index is 1280. The molecule has 1 aliphatic rings. The summed E-state index contributed by atoms with van der Waals surface area (Å²) in [6, 6.07) is 8.29. The van der Waals surface area contributed by atoms with Crippen LogP contribution in [-0.4, -0.2) is 64.1 Å². The summed E-state index contributed by atoms with van der Waals surface area (Å²) in [6.07, 6.45) is 1.63. The first-order valence-electron chi connectivity index (χ1n) is 10.2. The molecule has 4 rings (SSSR count). The van der Waals surface area contributed by atoms with E-state index in [0.29, 0.717) is 36.1 Å². The number of halogens is 1. The molecule has 0 atom stereocenters. The van der Waals surface area contributed by atoms with Gasteiger partial charge in [0, 0.05) is 39.1 Å². The maximum atomic E-state index is 13.2. The molecule has 0 aliphatic carbocycles. The predicted molar refractivity (Wildman–Crippen MR) is 119 cm³/mol. The molecule has 13 heteroatoms. The molecule has 10 nitrogen and oxygen atoms in total. The lowest BCUT2D eigenvalue weighted by Gasteiger charge is -2.33. The van der Waals surface area contributed by atoms with Crippen LogP contribution in [-0.2, 0) is 28.0 Å². The van der Waals surface area contributed by atoms with E-state index in [1.807, 2.05) is 4.90 Å². The minimum absolute atomic E-state index is 0.0656. The Morgan fingerprint density at radius 1 is 1.15 bits per heavy atom. The Balaban J connectivity index is 1.47. The summed E-state index contributed by atoms with van der Waals surface area (Å²) in [7, 11) is -3.69. The summed E-state index contributed by atoms with van der Waals surface area (Å²) in [5, 5.41) is 4.57. The van der Waals surface area contributed by atoms with Crippen LogP contribution in [0.4, 0.5) is 4.39 Å². The first-order chi connectivity index (χ1) is 15.8. The number of benzene rings is 1. The third-order valence-electron chi connectivity index (χ3n) is 5.36. The van der Waals surface area contributed by atoms with Gasteiger partial charge in [-0.05, 0) is 48.6 Å². The van der Waals surface area contributed by atoms with Crippen molar-refractivity contribution in [1.82, 2.24) is 23.6 Å². The van der Waals surface area contributed by atoms with Crippen LogP contribution < -0.4 is 5.73 Å². The molecule has 0 saturated carbocycles. The molecule has 3 aromatic rings. The van der Waals surface area contributed by atoms with Crippen molar-refractivity contribution in [3.05, 3.63) is 53.2 Å². The molecule has 0 radical (unpaired) electrons. The Hall–Kier alpha value is -2.87. The van der Waals surface area contributed by atoms with Gasteiger partial charge < -0.3 is 10.2 Å². The number of rotatable bonds is 8. The van der Waals surface area contributed by atoms with Crippen LogP contribution in [0.2, 0.25) is 0 Å². The van der Waals surface area contributed by atoms with E-state index in [1.165, 1.54) is 22.7 Å². The fourth-order valence-electron chi connectivity index (χ4n) is 3.60. The average Bonchev–Trinajstić information content (AvgIpc) is 3.42. The maximum Gasteiger partial charge on any atom is 0.243 e. The summed E-state index contributed by atoms with van der Waals surface area (Å²) in [5.74, 6) is 0.0662. The highest BCUT2D eigenvalue weighted by Crippen LogP contribution is 2.21. The first-order valence-corrected chi connectivity index (χ1v) is 12.1. The van der Waals surface area contributed by atoms with Gasteiger partial charge in [0.2, 0.25) is 15.9 Å². The number of nitrogens with two attached hydrogens (primary N) is 1. The van der Waals surface area contributed by atoms with E-state index in [1.54, 1.807) is 21.4 Å². The molecular formula is C20H23FN6O4S2. The fraction of sp³-hybridized carbons (Fsp3) is 0.350. The largest absolute Gasteiger partial charge is 0.461 e. The molecule has 2 N–H and O–H groups in total. The molecule has 1 amide bonds. The Labute approximate surface area is 195 Å². The predicted octanol–water partition coefficient (Wildman–Crippen LogP) is 1.65. The van der Waals surface area contributed by atoms with Gasteiger partial charge in [0.1, 0.15) is 5.82 Å². The zero-order chi connectivity index (χ0) is 23.6. The van der Waals surface area contributed by atoms with Crippen LogP contribution in [0, 0.1) is 10.6 Å². The van der Waals surface area contributed by atoms with Crippen molar-refractivity contribution in [3.63, 3.8) is 0 Å². The monoisotopic (exact) mass is 494 g/mol. The van der Waals surface area contributed by atoms with Crippen LogP contribution in [0.25, 0.3) is 11.6 Å². The van der Waals surface area contributed by atoms with Crippen molar-refractivity contribution < 1.29 is 22.0 Å². The number of hydrogen-bond acceptors (Lipinski definition) is 7. The highest BCUT2D eigenvalue weighted by atomic mass is 32.2. The van der Waals surface area contributed by atoms with Crippen molar-refractivity contribution in [1.29, 1.82) is 0 Å². The van der Waals surface area contributed by atoms with Gasteiger partial charge in [0.15, 0.2) is 16.4 Å². The van der Waals surface area contributed by atoms with E-state index < -0.39 is 21.7 Å². The van der Waals surface area contributed by atoms with Crippen LogP contribution in [0.1, 0.15) is 6.42 Å². The number of amides is 1. The van der Waals surface area contributed by atoms with E-state index in [4.69, 9.17) is 22.4 Å². The second-order valence-corrected chi connectivity index (χ2v) is 9.87.